The fraction of sp³-hybridized carbons (Fsp3) is 0.250. The minimum atomic E-state index is -1.16. The van der Waals surface area contributed by atoms with E-state index in [4.69, 9.17) is 4.74 Å². The molecule has 1 heterocycles. The molecule has 2 aromatic rings. The molecule has 1 atom stereocenters. The molecule has 0 aliphatic rings. The molecule has 0 aliphatic carbocycles. The summed E-state index contributed by atoms with van der Waals surface area (Å²) in [7, 11) is 1.12. The molecular formula is C16H17N3O5S. The molecule has 0 fully saturated rings. The predicted octanol–water partition coefficient (Wildman–Crippen LogP) is 2.18. The highest BCUT2D eigenvalue weighted by molar-refractivity contribution is 7.13. The van der Waals surface area contributed by atoms with Crippen LogP contribution in [0.2, 0.25) is 0 Å². The zero-order chi connectivity index (χ0) is 18.2. The fourth-order valence-electron chi connectivity index (χ4n) is 1.75. The van der Waals surface area contributed by atoms with Crippen molar-refractivity contribution >= 4 is 34.4 Å². The number of nitrogens with zero attached hydrogens (tertiary/aromatic N) is 1. The van der Waals surface area contributed by atoms with Crippen LogP contribution in [0.25, 0.3) is 0 Å². The molecular weight excluding hydrogens is 346 g/mol. The average molecular weight is 363 g/mol. The first-order valence-electron chi connectivity index (χ1n) is 7.32. The number of anilines is 1. The number of ether oxygens (including phenoxy) is 2. The summed E-state index contributed by atoms with van der Waals surface area (Å²) in [6.07, 6.45) is -2.08. The van der Waals surface area contributed by atoms with Crippen LogP contribution in [0.15, 0.2) is 35.7 Å². The van der Waals surface area contributed by atoms with Crippen LogP contribution in [0, 0.1) is 0 Å². The molecule has 2 amide bonds. The lowest BCUT2D eigenvalue weighted by atomic mass is 10.2. The molecule has 0 aliphatic heterocycles. The Labute approximate surface area is 148 Å². The third-order valence-electron chi connectivity index (χ3n) is 3.06. The maximum Gasteiger partial charge on any atom is 0.413 e. The number of alkyl carbamates (subject to hydrolysis) is 1. The van der Waals surface area contributed by atoms with Gasteiger partial charge in [-0.15, -0.1) is 11.3 Å². The Kier molecular flexibility index (Phi) is 6.47. The minimum Gasteiger partial charge on any atom is -0.453 e. The molecule has 25 heavy (non-hydrogen) atoms. The number of carbonyl (C=O) groups is 3. The van der Waals surface area contributed by atoms with E-state index in [2.05, 4.69) is 15.0 Å². The van der Waals surface area contributed by atoms with Crippen molar-refractivity contribution in [2.24, 2.45) is 0 Å². The van der Waals surface area contributed by atoms with E-state index < -0.39 is 24.1 Å². The van der Waals surface area contributed by atoms with Crippen LogP contribution in [0.1, 0.15) is 23.0 Å². The summed E-state index contributed by atoms with van der Waals surface area (Å²) in [5.41, 5.74) is 1.16. The van der Waals surface area contributed by atoms with E-state index >= 15 is 0 Å². The van der Waals surface area contributed by atoms with Crippen LogP contribution in [-0.2, 0) is 20.8 Å². The van der Waals surface area contributed by atoms with Gasteiger partial charge in [0.1, 0.15) is 0 Å². The number of esters is 1. The summed E-state index contributed by atoms with van der Waals surface area (Å²) in [5, 5.41) is 7.11. The molecule has 9 heteroatoms. The fourth-order valence-corrected chi connectivity index (χ4v) is 2.43. The van der Waals surface area contributed by atoms with Gasteiger partial charge in [-0.3, -0.25) is 10.1 Å². The highest BCUT2D eigenvalue weighted by Crippen LogP contribution is 2.17. The molecule has 0 unspecified atom stereocenters. The first-order chi connectivity index (χ1) is 12.0. The third-order valence-corrected chi connectivity index (χ3v) is 3.86. The maximum atomic E-state index is 12.0. The van der Waals surface area contributed by atoms with Crippen molar-refractivity contribution < 1.29 is 23.9 Å². The molecule has 0 saturated carbocycles. The Morgan fingerprint density at radius 1 is 1.24 bits per heavy atom. The number of nitrogens with one attached hydrogen (secondary N) is 2. The molecule has 2 rings (SSSR count). The molecule has 132 valence electrons. The van der Waals surface area contributed by atoms with E-state index in [1.807, 2.05) is 35.6 Å². The van der Waals surface area contributed by atoms with Crippen LogP contribution in [0.4, 0.5) is 9.93 Å². The lowest BCUT2D eigenvalue weighted by Gasteiger charge is -2.11. The van der Waals surface area contributed by atoms with Crippen molar-refractivity contribution in [1.82, 2.24) is 10.3 Å². The molecule has 0 saturated heterocycles. The van der Waals surface area contributed by atoms with Gasteiger partial charge >= 0.3 is 12.1 Å². The van der Waals surface area contributed by atoms with E-state index in [0.717, 1.165) is 12.7 Å². The van der Waals surface area contributed by atoms with E-state index in [1.165, 1.54) is 23.6 Å². The highest BCUT2D eigenvalue weighted by Gasteiger charge is 2.22. The maximum absolute atomic E-state index is 12.0. The van der Waals surface area contributed by atoms with Crippen LogP contribution in [0.3, 0.4) is 0 Å². The number of thiazole rings is 1. The van der Waals surface area contributed by atoms with Crippen molar-refractivity contribution in [2.45, 2.75) is 19.6 Å². The Morgan fingerprint density at radius 2 is 1.96 bits per heavy atom. The van der Waals surface area contributed by atoms with Gasteiger partial charge in [-0.2, -0.15) is 0 Å². The number of aromatic nitrogens is 1. The Balaban J connectivity index is 1.87. The predicted molar refractivity (Wildman–Crippen MR) is 91.3 cm³/mol. The quantitative estimate of drug-likeness (QED) is 0.758. The Morgan fingerprint density at radius 3 is 2.64 bits per heavy atom. The second-order valence-electron chi connectivity index (χ2n) is 4.91. The smallest absolute Gasteiger partial charge is 0.413 e. The van der Waals surface area contributed by atoms with Gasteiger partial charge < -0.3 is 14.8 Å². The molecule has 2 N–H and O–H groups in total. The number of hydrogen-bond acceptors (Lipinski definition) is 8. The number of benzene rings is 1. The molecule has 0 spiro atoms. The number of rotatable bonds is 6. The lowest BCUT2D eigenvalue weighted by molar-refractivity contribution is -0.128. The molecule has 1 aromatic heterocycles. The van der Waals surface area contributed by atoms with E-state index in [9.17, 15) is 14.4 Å². The summed E-state index contributed by atoms with van der Waals surface area (Å²) in [6.45, 7) is 1.91. The third kappa shape index (κ3) is 5.57. The van der Waals surface area contributed by atoms with E-state index in [-0.39, 0.29) is 5.69 Å². The highest BCUT2D eigenvalue weighted by atomic mass is 32.1. The van der Waals surface area contributed by atoms with Gasteiger partial charge in [-0.1, -0.05) is 30.3 Å². The molecule has 0 radical (unpaired) electrons. The average Bonchev–Trinajstić information content (AvgIpc) is 3.09. The van der Waals surface area contributed by atoms with Gasteiger partial charge in [0.2, 0.25) is 0 Å². The van der Waals surface area contributed by atoms with Gasteiger partial charge in [-0.05, 0) is 12.5 Å². The largest absolute Gasteiger partial charge is 0.453 e. The topological polar surface area (TPSA) is 107 Å². The summed E-state index contributed by atoms with van der Waals surface area (Å²) < 4.78 is 9.27. The van der Waals surface area contributed by atoms with E-state index in [1.54, 1.807) is 0 Å². The van der Waals surface area contributed by atoms with Crippen molar-refractivity contribution in [3.63, 3.8) is 0 Å². The van der Waals surface area contributed by atoms with Crippen LogP contribution >= 0.6 is 11.3 Å². The molecule has 8 nitrogen and oxygen atoms in total. The van der Waals surface area contributed by atoms with Crippen molar-refractivity contribution in [1.29, 1.82) is 0 Å². The summed E-state index contributed by atoms with van der Waals surface area (Å²) in [5.74, 6) is -1.53. The SMILES string of the molecule is COC(=O)NC(=O)[C@@H](C)OC(=O)c1csc(NCc2ccccc2)n1. The second kappa shape index (κ2) is 8.78. The lowest BCUT2D eigenvalue weighted by Crippen LogP contribution is -2.39. The normalized spacial score (nSPS) is 11.3. The van der Waals surface area contributed by atoms with Gasteiger partial charge in [0.25, 0.3) is 5.91 Å². The zero-order valence-electron chi connectivity index (χ0n) is 13.6. The van der Waals surface area contributed by atoms with Gasteiger partial charge in [0.05, 0.1) is 7.11 Å². The monoisotopic (exact) mass is 363 g/mol. The number of amides is 2. The number of methoxy groups -OCH3 is 1. The summed E-state index contributed by atoms with van der Waals surface area (Å²) in [6, 6.07) is 9.73. The number of hydrogen-bond donors (Lipinski definition) is 2. The summed E-state index contributed by atoms with van der Waals surface area (Å²) in [4.78, 5) is 38.7. The number of carbonyl (C=O) groups excluding carboxylic acids is 3. The van der Waals surface area contributed by atoms with Crippen LogP contribution in [-0.4, -0.2) is 36.2 Å². The summed E-state index contributed by atoms with van der Waals surface area (Å²) >= 11 is 1.25. The van der Waals surface area contributed by atoms with Crippen molar-refractivity contribution in [3.8, 4) is 0 Å². The first kappa shape index (κ1) is 18.4. The number of imide groups is 1. The molecule has 0 bridgehead atoms. The van der Waals surface area contributed by atoms with Gasteiger partial charge in [0.15, 0.2) is 16.9 Å². The molecule has 1 aromatic carbocycles. The van der Waals surface area contributed by atoms with Gasteiger partial charge in [-0.25, -0.2) is 14.6 Å². The first-order valence-corrected chi connectivity index (χ1v) is 8.20. The Hall–Kier alpha value is -2.94. The minimum absolute atomic E-state index is 0.0817. The van der Waals surface area contributed by atoms with Gasteiger partial charge in [0, 0.05) is 11.9 Å². The Bertz CT molecular complexity index is 747. The second-order valence-corrected chi connectivity index (χ2v) is 5.76. The van der Waals surface area contributed by atoms with Crippen molar-refractivity contribution in [3.05, 3.63) is 47.0 Å². The van der Waals surface area contributed by atoms with Crippen LogP contribution < -0.4 is 10.6 Å². The van der Waals surface area contributed by atoms with E-state index in [0.29, 0.717) is 11.7 Å². The zero-order valence-corrected chi connectivity index (χ0v) is 14.5. The van der Waals surface area contributed by atoms with Crippen LogP contribution in [0.5, 0.6) is 0 Å². The van der Waals surface area contributed by atoms with Crippen molar-refractivity contribution in [2.75, 3.05) is 12.4 Å². The standard InChI is InChI=1S/C16H17N3O5S/c1-10(13(20)19-16(22)23-2)24-14(21)12-9-25-15(18-12)17-8-11-6-4-3-5-7-11/h3-7,9-10H,8H2,1-2H3,(H,17,18)(H,19,20,22)/t10-/m1/s1.